The second kappa shape index (κ2) is 7.54. The Bertz CT molecular complexity index is 380. The zero-order valence-corrected chi connectivity index (χ0v) is 9.70. The number of aliphatic carboxylic acids is 1. The van der Waals surface area contributed by atoms with Crippen LogP contribution in [-0.2, 0) is 11.2 Å². The first kappa shape index (κ1) is 16.2. The lowest BCUT2D eigenvalue weighted by atomic mass is 10.1. The average Bonchev–Trinajstić information content (AvgIpc) is 2.30. The second-order valence-corrected chi connectivity index (χ2v) is 3.15. The third-order valence-corrected chi connectivity index (χ3v) is 1.85. The lowest BCUT2D eigenvalue weighted by Crippen LogP contribution is -2.21. The van der Waals surface area contributed by atoms with Crippen molar-refractivity contribution in [3.8, 4) is 5.75 Å². The predicted molar refractivity (Wildman–Crippen MR) is 59.4 cm³/mol. The van der Waals surface area contributed by atoms with Crippen LogP contribution in [0.15, 0.2) is 24.3 Å². The van der Waals surface area contributed by atoms with Crippen LogP contribution in [0.2, 0.25) is 0 Å². The fourth-order valence-electron chi connectivity index (χ4n) is 1.07. The van der Waals surface area contributed by atoms with Crippen molar-refractivity contribution in [1.82, 2.24) is 0 Å². The minimum atomic E-state index is -5.08. The van der Waals surface area contributed by atoms with Gasteiger partial charge >= 0.3 is 12.1 Å². The molecular formula is C11H14F3NO3. The molecule has 0 atom stereocenters. The summed E-state index contributed by atoms with van der Waals surface area (Å²) >= 11 is 0. The van der Waals surface area contributed by atoms with Gasteiger partial charge in [-0.25, -0.2) is 4.79 Å². The summed E-state index contributed by atoms with van der Waals surface area (Å²) in [4.78, 5) is 8.90. The molecule has 0 saturated heterocycles. The highest BCUT2D eigenvalue weighted by atomic mass is 19.4. The van der Waals surface area contributed by atoms with Crippen molar-refractivity contribution >= 4 is 5.97 Å². The van der Waals surface area contributed by atoms with Crippen molar-refractivity contribution in [1.29, 1.82) is 0 Å². The van der Waals surface area contributed by atoms with E-state index in [9.17, 15) is 13.2 Å². The molecule has 0 aliphatic rings. The van der Waals surface area contributed by atoms with E-state index in [2.05, 4.69) is 0 Å². The molecule has 0 radical (unpaired) electrons. The summed E-state index contributed by atoms with van der Waals surface area (Å²) in [5.41, 5.74) is 6.61. The number of para-hydroxylation sites is 1. The normalized spacial score (nSPS) is 10.3. The molecule has 1 aromatic rings. The van der Waals surface area contributed by atoms with Gasteiger partial charge in [-0.3, -0.25) is 0 Å². The topological polar surface area (TPSA) is 72.5 Å². The number of carboxylic acids is 1. The number of ether oxygens (including phenoxy) is 1. The lowest BCUT2D eigenvalue weighted by molar-refractivity contribution is -0.192. The molecule has 1 aromatic carbocycles. The zero-order chi connectivity index (χ0) is 14.2. The first-order chi connectivity index (χ1) is 8.32. The molecule has 0 aliphatic heterocycles. The smallest absolute Gasteiger partial charge is 0.490 e. The molecule has 0 heterocycles. The Labute approximate surface area is 102 Å². The molecule has 0 unspecified atom stereocenters. The Morgan fingerprint density at radius 3 is 2.28 bits per heavy atom. The first-order valence-electron chi connectivity index (χ1n) is 4.95. The molecule has 0 fully saturated rings. The van der Waals surface area contributed by atoms with Crippen LogP contribution in [0.4, 0.5) is 13.2 Å². The van der Waals surface area contributed by atoms with Crippen LogP contribution in [0.3, 0.4) is 0 Å². The van der Waals surface area contributed by atoms with Gasteiger partial charge in [-0.2, -0.15) is 13.2 Å². The van der Waals surface area contributed by atoms with Crippen LogP contribution in [0.25, 0.3) is 0 Å². The van der Waals surface area contributed by atoms with E-state index in [1.54, 1.807) is 7.11 Å². The van der Waals surface area contributed by atoms with Crippen LogP contribution in [0.5, 0.6) is 5.75 Å². The molecule has 0 bridgehead atoms. The van der Waals surface area contributed by atoms with Crippen LogP contribution in [0.1, 0.15) is 5.56 Å². The fraction of sp³-hybridized carbons (Fsp3) is 0.364. The molecule has 0 amide bonds. The molecule has 1 rings (SSSR count). The molecule has 18 heavy (non-hydrogen) atoms. The summed E-state index contributed by atoms with van der Waals surface area (Å²) in [5, 5.41) is 7.12. The van der Waals surface area contributed by atoms with E-state index in [0.29, 0.717) is 6.54 Å². The summed E-state index contributed by atoms with van der Waals surface area (Å²) in [6.07, 6.45) is -4.20. The number of hydrogen-bond donors (Lipinski definition) is 2. The fourth-order valence-corrected chi connectivity index (χ4v) is 1.07. The van der Waals surface area contributed by atoms with E-state index in [0.717, 1.165) is 12.2 Å². The van der Waals surface area contributed by atoms with E-state index in [4.69, 9.17) is 20.4 Å². The van der Waals surface area contributed by atoms with Gasteiger partial charge in [-0.1, -0.05) is 18.2 Å². The van der Waals surface area contributed by atoms with E-state index in [1.807, 2.05) is 24.3 Å². The summed E-state index contributed by atoms with van der Waals surface area (Å²) in [5.74, 6) is -1.83. The monoisotopic (exact) mass is 265 g/mol. The highest BCUT2D eigenvalue weighted by Crippen LogP contribution is 2.16. The minimum Gasteiger partial charge on any atom is -0.496 e. The number of benzene rings is 1. The number of methoxy groups -OCH3 is 1. The van der Waals surface area contributed by atoms with Crippen molar-refractivity contribution in [2.45, 2.75) is 12.6 Å². The van der Waals surface area contributed by atoms with Crippen LogP contribution in [0, 0.1) is 0 Å². The largest absolute Gasteiger partial charge is 0.496 e. The van der Waals surface area contributed by atoms with Crippen molar-refractivity contribution in [2.24, 2.45) is 5.73 Å². The summed E-state index contributed by atoms with van der Waals surface area (Å²) in [7, 11) is 1.68. The van der Waals surface area contributed by atoms with Crippen LogP contribution < -0.4 is 10.5 Å². The quantitative estimate of drug-likeness (QED) is 0.874. The molecule has 3 N–H and O–H groups in total. The molecular weight excluding hydrogens is 251 g/mol. The van der Waals surface area contributed by atoms with Gasteiger partial charge in [0.2, 0.25) is 0 Å². The highest BCUT2D eigenvalue weighted by molar-refractivity contribution is 5.73. The standard InChI is InChI=1S/C9H13NO.C2HF3O2/c1-11-9-5-3-2-4-8(9)6-7-10;3-2(4,5)1(6)7/h2-5H,6-7,10H2,1H3;(H,6,7). The van der Waals surface area contributed by atoms with E-state index >= 15 is 0 Å². The van der Waals surface area contributed by atoms with Gasteiger partial charge in [0.15, 0.2) is 0 Å². The van der Waals surface area contributed by atoms with Crippen molar-refractivity contribution < 1.29 is 27.8 Å². The van der Waals surface area contributed by atoms with Crippen LogP contribution >= 0.6 is 0 Å². The van der Waals surface area contributed by atoms with Crippen LogP contribution in [-0.4, -0.2) is 30.9 Å². The number of carboxylic acid groups (broad SMARTS) is 1. The maximum atomic E-state index is 10.6. The number of halogens is 3. The maximum absolute atomic E-state index is 10.6. The first-order valence-corrected chi connectivity index (χ1v) is 4.95. The Balaban J connectivity index is 0.000000360. The number of alkyl halides is 3. The summed E-state index contributed by atoms with van der Waals surface area (Å²) in [6.45, 7) is 0.667. The van der Waals surface area contributed by atoms with E-state index in [-0.39, 0.29) is 0 Å². The van der Waals surface area contributed by atoms with Gasteiger partial charge in [0.1, 0.15) is 5.75 Å². The Morgan fingerprint density at radius 2 is 1.89 bits per heavy atom. The molecule has 0 spiro atoms. The van der Waals surface area contributed by atoms with Gasteiger partial charge in [-0.15, -0.1) is 0 Å². The van der Waals surface area contributed by atoms with Crippen molar-refractivity contribution in [3.05, 3.63) is 29.8 Å². The number of nitrogens with two attached hydrogens (primary N) is 1. The minimum absolute atomic E-state index is 0.667. The van der Waals surface area contributed by atoms with Gasteiger partial charge in [-0.05, 0) is 24.6 Å². The summed E-state index contributed by atoms with van der Waals surface area (Å²) in [6, 6.07) is 7.93. The van der Waals surface area contributed by atoms with Gasteiger partial charge in [0, 0.05) is 0 Å². The highest BCUT2D eigenvalue weighted by Gasteiger charge is 2.38. The van der Waals surface area contributed by atoms with Crippen molar-refractivity contribution in [3.63, 3.8) is 0 Å². The Hall–Kier alpha value is -1.76. The number of rotatable bonds is 3. The van der Waals surface area contributed by atoms with Crippen molar-refractivity contribution in [2.75, 3.05) is 13.7 Å². The Kier molecular flexibility index (Phi) is 6.81. The lowest BCUT2D eigenvalue weighted by Gasteiger charge is -2.05. The predicted octanol–water partition coefficient (Wildman–Crippen LogP) is 1.83. The molecule has 0 aliphatic carbocycles. The molecule has 7 heteroatoms. The SMILES string of the molecule is COc1ccccc1CCN.O=C(O)C(F)(F)F. The molecule has 102 valence electrons. The van der Waals surface area contributed by atoms with Gasteiger partial charge < -0.3 is 15.6 Å². The summed E-state index contributed by atoms with van der Waals surface area (Å²) < 4.78 is 36.9. The molecule has 0 saturated carbocycles. The third kappa shape index (κ3) is 6.09. The molecule has 4 nitrogen and oxygen atoms in total. The zero-order valence-electron chi connectivity index (χ0n) is 9.70. The van der Waals surface area contributed by atoms with Gasteiger partial charge in [0.25, 0.3) is 0 Å². The van der Waals surface area contributed by atoms with E-state index in [1.165, 1.54) is 5.56 Å². The molecule has 0 aromatic heterocycles. The third-order valence-electron chi connectivity index (χ3n) is 1.85. The Morgan fingerprint density at radius 1 is 1.39 bits per heavy atom. The number of hydrogen-bond acceptors (Lipinski definition) is 3. The van der Waals surface area contributed by atoms with E-state index < -0.39 is 12.1 Å². The number of carbonyl (C=O) groups is 1. The second-order valence-electron chi connectivity index (χ2n) is 3.15. The average molecular weight is 265 g/mol. The maximum Gasteiger partial charge on any atom is 0.490 e. The van der Waals surface area contributed by atoms with Gasteiger partial charge in [0.05, 0.1) is 7.11 Å².